The Morgan fingerprint density at radius 1 is 1.14 bits per heavy atom. The summed E-state index contributed by atoms with van der Waals surface area (Å²) in [7, 11) is -4.13. The molecule has 1 fully saturated rings. The van der Waals surface area contributed by atoms with Gasteiger partial charge >= 0.3 is 0 Å². The van der Waals surface area contributed by atoms with E-state index in [2.05, 4.69) is 5.32 Å². The standard InChI is InChI=1S/C15H21NO4S.H3N/c17-15(13-4-2-1-3-5-13)10-16-14-8-6-12(7-9-14)11-21(18,19)20;/h1-5,12,14,16H,6-11H2,(H,18,19,20);1H3. The number of quaternary nitrogens is 1. The van der Waals surface area contributed by atoms with Crippen molar-refractivity contribution in [1.82, 2.24) is 11.5 Å². The van der Waals surface area contributed by atoms with E-state index in [1.807, 2.05) is 18.2 Å². The third-order valence-corrected chi connectivity index (χ3v) is 4.81. The van der Waals surface area contributed by atoms with Crippen LogP contribution in [0.1, 0.15) is 36.0 Å². The van der Waals surface area contributed by atoms with E-state index < -0.39 is 10.1 Å². The number of rotatable bonds is 6. The fourth-order valence-electron chi connectivity index (χ4n) is 2.79. The molecule has 1 aromatic rings. The molecule has 0 aliphatic heterocycles. The van der Waals surface area contributed by atoms with Gasteiger partial charge in [-0.3, -0.25) is 4.79 Å². The number of hydrogen-bond acceptors (Lipinski definition) is 5. The minimum atomic E-state index is -4.13. The molecule has 124 valence electrons. The van der Waals surface area contributed by atoms with E-state index in [1.165, 1.54) is 0 Å². The zero-order valence-electron chi connectivity index (χ0n) is 12.8. The first-order valence-corrected chi connectivity index (χ1v) is 8.77. The number of nitrogens with one attached hydrogen (secondary N) is 1. The van der Waals surface area contributed by atoms with E-state index in [1.54, 1.807) is 12.1 Å². The van der Waals surface area contributed by atoms with Gasteiger partial charge in [-0.2, -0.15) is 0 Å². The summed E-state index contributed by atoms with van der Waals surface area (Å²) in [6, 6.07) is 9.35. The van der Waals surface area contributed by atoms with Gasteiger partial charge in [0.05, 0.1) is 16.7 Å². The van der Waals surface area contributed by atoms with Crippen molar-refractivity contribution in [3.63, 3.8) is 0 Å². The van der Waals surface area contributed by atoms with Crippen LogP contribution in [0.4, 0.5) is 0 Å². The highest BCUT2D eigenvalue weighted by molar-refractivity contribution is 7.85. The highest BCUT2D eigenvalue weighted by Gasteiger charge is 2.22. The number of Topliss-reactive ketones (excluding diaryl/α,β-unsaturated/α-hetero) is 1. The maximum atomic E-state index is 12.0. The number of carbonyl (C=O) groups is 1. The molecule has 0 radical (unpaired) electrons. The van der Waals surface area contributed by atoms with Gasteiger partial charge in [0.2, 0.25) is 0 Å². The van der Waals surface area contributed by atoms with Crippen LogP contribution in [0.5, 0.6) is 0 Å². The molecular weight excluding hydrogens is 304 g/mol. The van der Waals surface area contributed by atoms with Crippen LogP contribution in [0.3, 0.4) is 0 Å². The summed E-state index contributed by atoms with van der Waals surface area (Å²) in [5, 5.41) is 3.23. The lowest BCUT2D eigenvalue weighted by Crippen LogP contribution is -2.37. The van der Waals surface area contributed by atoms with Crippen molar-refractivity contribution in [1.29, 1.82) is 0 Å². The summed E-state index contributed by atoms with van der Waals surface area (Å²) < 4.78 is 32.2. The van der Waals surface area contributed by atoms with Crippen molar-refractivity contribution in [3.8, 4) is 0 Å². The van der Waals surface area contributed by atoms with Crippen LogP contribution < -0.4 is 11.5 Å². The van der Waals surface area contributed by atoms with E-state index in [-0.39, 0.29) is 29.6 Å². The average Bonchev–Trinajstić information content (AvgIpc) is 2.45. The monoisotopic (exact) mass is 328 g/mol. The zero-order chi connectivity index (χ0) is 15.3. The first-order chi connectivity index (χ1) is 9.94. The largest absolute Gasteiger partial charge is 0.748 e. The first-order valence-electron chi connectivity index (χ1n) is 7.19. The van der Waals surface area contributed by atoms with Gasteiger partial charge in [0.15, 0.2) is 5.78 Å². The Balaban J connectivity index is 0.00000242. The molecule has 22 heavy (non-hydrogen) atoms. The van der Waals surface area contributed by atoms with Gasteiger partial charge in [-0.25, -0.2) is 8.42 Å². The summed E-state index contributed by atoms with van der Waals surface area (Å²) in [5.41, 5.74) is 0.691. The molecule has 1 aliphatic rings. The van der Waals surface area contributed by atoms with E-state index in [9.17, 15) is 17.8 Å². The van der Waals surface area contributed by atoms with Gasteiger partial charge in [-0.1, -0.05) is 30.3 Å². The normalized spacial score (nSPS) is 21.9. The van der Waals surface area contributed by atoms with Gasteiger partial charge in [0, 0.05) is 17.4 Å². The van der Waals surface area contributed by atoms with Gasteiger partial charge in [0.25, 0.3) is 0 Å². The lowest BCUT2D eigenvalue weighted by atomic mass is 9.87. The Kier molecular flexibility index (Phi) is 7.15. The van der Waals surface area contributed by atoms with Crippen LogP contribution in [0.25, 0.3) is 0 Å². The van der Waals surface area contributed by atoms with Crippen molar-refractivity contribution in [2.75, 3.05) is 12.3 Å². The second kappa shape index (κ2) is 8.38. The summed E-state index contributed by atoms with van der Waals surface area (Å²) in [6.07, 6.45) is 3.06. The van der Waals surface area contributed by atoms with Gasteiger partial charge < -0.3 is 16.0 Å². The van der Waals surface area contributed by atoms with Crippen molar-refractivity contribution in [3.05, 3.63) is 35.9 Å². The van der Waals surface area contributed by atoms with E-state index in [0.29, 0.717) is 12.1 Å². The SMILES string of the molecule is O=C(CNC1CCC(CS(=O)(=O)[O-])CC1)c1ccccc1.[NH4+]. The summed E-state index contributed by atoms with van der Waals surface area (Å²) in [4.78, 5) is 12.0. The first kappa shape index (κ1) is 18.8. The number of hydrogen-bond donors (Lipinski definition) is 2. The van der Waals surface area contributed by atoms with Crippen LogP contribution in [0.15, 0.2) is 30.3 Å². The van der Waals surface area contributed by atoms with Gasteiger partial charge in [-0.15, -0.1) is 0 Å². The second-order valence-corrected chi connectivity index (χ2v) is 7.06. The molecule has 7 heteroatoms. The second-order valence-electron chi connectivity index (χ2n) is 5.61. The van der Waals surface area contributed by atoms with Gasteiger partial charge in [-0.05, 0) is 31.6 Å². The Morgan fingerprint density at radius 2 is 1.73 bits per heavy atom. The highest BCUT2D eigenvalue weighted by atomic mass is 32.2. The van der Waals surface area contributed by atoms with E-state index in [0.717, 1.165) is 25.7 Å². The predicted octanol–water partition coefficient (Wildman–Crippen LogP) is 1.94. The minimum Gasteiger partial charge on any atom is -0.748 e. The number of ketones is 1. The summed E-state index contributed by atoms with van der Waals surface area (Å²) >= 11 is 0. The fraction of sp³-hybridized carbons (Fsp3) is 0.533. The molecule has 1 saturated carbocycles. The molecule has 0 heterocycles. The molecular formula is C15H24N2O4S. The van der Waals surface area contributed by atoms with Crippen molar-refractivity contribution >= 4 is 15.9 Å². The molecule has 0 unspecified atom stereocenters. The molecule has 0 aromatic heterocycles. The number of benzene rings is 1. The third kappa shape index (κ3) is 6.23. The molecule has 5 N–H and O–H groups in total. The molecule has 0 saturated heterocycles. The van der Waals surface area contributed by atoms with Gasteiger partial charge in [0.1, 0.15) is 0 Å². The maximum absolute atomic E-state index is 12.0. The molecule has 6 nitrogen and oxygen atoms in total. The molecule has 0 spiro atoms. The van der Waals surface area contributed by atoms with Crippen LogP contribution in [-0.4, -0.2) is 37.1 Å². The Bertz CT molecular complexity index is 566. The van der Waals surface area contributed by atoms with Crippen molar-refractivity contribution < 1.29 is 17.8 Å². The topological polar surface area (TPSA) is 123 Å². The molecule has 1 aliphatic carbocycles. The van der Waals surface area contributed by atoms with Crippen LogP contribution in [-0.2, 0) is 10.1 Å². The third-order valence-electron chi connectivity index (χ3n) is 3.93. The zero-order valence-corrected chi connectivity index (χ0v) is 13.6. The van der Waals surface area contributed by atoms with E-state index >= 15 is 0 Å². The quantitative estimate of drug-likeness (QED) is 0.610. The summed E-state index contributed by atoms with van der Waals surface area (Å²) in [6.45, 7) is 0.291. The minimum absolute atomic E-state index is 0. The highest BCUT2D eigenvalue weighted by Crippen LogP contribution is 2.25. The van der Waals surface area contributed by atoms with Crippen LogP contribution in [0, 0.1) is 5.92 Å². The van der Waals surface area contributed by atoms with Crippen molar-refractivity contribution in [2.45, 2.75) is 31.7 Å². The molecule has 1 aromatic carbocycles. The smallest absolute Gasteiger partial charge is 0.176 e. The molecule has 0 bridgehead atoms. The molecule has 2 rings (SSSR count). The van der Waals surface area contributed by atoms with Crippen LogP contribution in [0.2, 0.25) is 0 Å². The van der Waals surface area contributed by atoms with Crippen LogP contribution >= 0.6 is 0 Å². The van der Waals surface area contributed by atoms with Crippen molar-refractivity contribution in [2.24, 2.45) is 5.92 Å². The van der Waals surface area contributed by atoms with E-state index in [4.69, 9.17) is 0 Å². The average molecular weight is 328 g/mol. The Morgan fingerprint density at radius 3 is 2.27 bits per heavy atom. The fourth-order valence-corrected chi connectivity index (χ4v) is 3.70. The molecule has 0 amide bonds. The predicted molar refractivity (Wildman–Crippen MR) is 85.1 cm³/mol. The Hall–Kier alpha value is -1.28. The number of carbonyl (C=O) groups excluding carboxylic acids is 1. The lowest BCUT2D eigenvalue weighted by molar-refractivity contribution is 0.0983. The maximum Gasteiger partial charge on any atom is 0.176 e. The summed E-state index contributed by atoms with van der Waals surface area (Å²) in [5.74, 6) is -0.238. The molecule has 0 atom stereocenters. The lowest BCUT2D eigenvalue weighted by Gasteiger charge is -2.29. The Labute approximate surface area is 131 Å².